The lowest BCUT2D eigenvalue weighted by molar-refractivity contribution is -0.119. The van der Waals surface area contributed by atoms with Gasteiger partial charge in [-0.2, -0.15) is 0 Å². The maximum absolute atomic E-state index is 11.0. The molecule has 1 aromatic rings. The number of amides is 1. The zero-order valence-corrected chi connectivity index (χ0v) is 7.73. The molecule has 4 nitrogen and oxygen atoms in total. The highest BCUT2D eigenvalue weighted by atomic mass is 16.3. The average molecular weight is 192 g/mol. The number of carbonyl (C=O) groups is 1. The van der Waals surface area contributed by atoms with E-state index in [0.29, 0.717) is 18.7 Å². The van der Waals surface area contributed by atoms with Crippen molar-refractivity contribution >= 4 is 5.91 Å². The molecule has 0 bridgehead atoms. The molecule has 4 heteroatoms. The fourth-order valence-corrected chi connectivity index (χ4v) is 1.61. The number of rotatable bonds is 2. The molecule has 1 atom stereocenters. The van der Waals surface area contributed by atoms with E-state index in [1.807, 2.05) is 6.07 Å². The summed E-state index contributed by atoms with van der Waals surface area (Å²) in [6, 6.07) is 3.71. The second-order valence-corrected chi connectivity index (χ2v) is 3.45. The molecule has 1 aliphatic rings. The van der Waals surface area contributed by atoms with Gasteiger partial charge in [-0.3, -0.25) is 9.78 Å². The van der Waals surface area contributed by atoms with Crippen LogP contribution in [-0.4, -0.2) is 22.5 Å². The number of aliphatic hydroxyl groups excluding tert-OH is 1. The summed E-state index contributed by atoms with van der Waals surface area (Å²) in [6.45, 7) is 0.654. The predicted octanol–water partition coefficient (Wildman–Crippen LogP) is 0.177. The van der Waals surface area contributed by atoms with Crippen LogP contribution in [0.25, 0.3) is 0 Å². The lowest BCUT2D eigenvalue weighted by atomic mass is 10.00. The van der Waals surface area contributed by atoms with Crippen LogP contribution in [0, 0.1) is 0 Å². The van der Waals surface area contributed by atoms with E-state index >= 15 is 0 Å². The van der Waals surface area contributed by atoms with Crippen LogP contribution in [0.2, 0.25) is 0 Å². The Kier molecular flexibility index (Phi) is 2.45. The van der Waals surface area contributed by atoms with Crippen molar-refractivity contribution in [3.63, 3.8) is 0 Å². The highest BCUT2D eigenvalue weighted by Gasteiger charge is 2.22. The Morgan fingerprint density at radius 2 is 2.43 bits per heavy atom. The molecule has 14 heavy (non-hydrogen) atoms. The minimum absolute atomic E-state index is 0.0396. The van der Waals surface area contributed by atoms with E-state index in [2.05, 4.69) is 10.3 Å². The Labute approximate surface area is 82.0 Å². The molecule has 0 spiro atoms. The number of hydrogen-bond acceptors (Lipinski definition) is 3. The predicted molar refractivity (Wildman–Crippen MR) is 50.5 cm³/mol. The van der Waals surface area contributed by atoms with Crippen LogP contribution >= 0.6 is 0 Å². The van der Waals surface area contributed by atoms with Crippen molar-refractivity contribution < 1.29 is 9.90 Å². The number of aromatic nitrogens is 1. The molecular weight excluding hydrogens is 180 g/mol. The normalized spacial score (nSPS) is 20.9. The van der Waals surface area contributed by atoms with Crippen LogP contribution in [0.5, 0.6) is 0 Å². The standard InChI is InChI=1S/C10H12N2O2/c13-6-9-2-1-7(4-11-9)8-3-10(14)12-5-8/h1-2,4,8,13H,3,5-6H2,(H,12,14). The van der Waals surface area contributed by atoms with Gasteiger partial charge in [0.25, 0.3) is 0 Å². The molecule has 1 aliphatic heterocycles. The summed E-state index contributed by atoms with van der Waals surface area (Å²) >= 11 is 0. The van der Waals surface area contributed by atoms with Gasteiger partial charge in [0.2, 0.25) is 5.91 Å². The van der Waals surface area contributed by atoms with Crippen molar-refractivity contribution in [2.75, 3.05) is 6.54 Å². The summed E-state index contributed by atoms with van der Waals surface area (Å²) in [5.41, 5.74) is 1.71. The number of aliphatic hydroxyl groups is 1. The number of nitrogens with zero attached hydrogens (tertiary/aromatic N) is 1. The Morgan fingerprint density at radius 3 is 2.93 bits per heavy atom. The van der Waals surface area contributed by atoms with Crippen LogP contribution in [0.1, 0.15) is 23.6 Å². The van der Waals surface area contributed by atoms with Gasteiger partial charge >= 0.3 is 0 Å². The minimum Gasteiger partial charge on any atom is -0.390 e. The Balaban J connectivity index is 2.13. The van der Waals surface area contributed by atoms with E-state index in [1.165, 1.54) is 0 Å². The molecule has 1 aromatic heterocycles. The first kappa shape index (κ1) is 9.15. The van der Waals surface area contributed by atoms with E-state index in [1.54, 1.807) is 12.3 Å². The first-order valence-corrected chi connectivity index (χ1v) is 4.62. The summed E-state index contributed by atoms with van der Waals surface area (Å²) in [5, 5.41) is 11.6. The molecular formula is C10H12N2O2. The molecule has 0 radical (unpaired) electrons. The molecule has 2 heterocycles. The van der Waals surface area contributed by atoms with Crippen molar-refractivity contribution in [1.82, 2.24) is 10.3 Å². The quantitative estimate of drug-likeness (QED) is 0.702. The van der Waals surface area contributed by atoms with Crippen molar-refractivity contribution in [1.29, 1.82) is 0 Å². The lowest BCUT2D eigenvalue weighted by Crippen LogP contribution is -2.13. The fraction of sp³-hybridized carbons (Fsp3) is 0.400. The monoisotopic (exact) mass is 192 g/mol. The molecule has 1 unspecified atom stereocenters. The molecule has 2 N–H and O–H groups in total. The van der Waals surface area contributed by atoms with Crippen molar-refractivity contribution in [2.45, 2.75) is 18.9 Å². The maximum Gasteiger partial charge on any atom is 0.220 e. The third-order valence-electron chi connectivity index (χ3n) is 2.46. The van der Waals surface area contributed by atoms with Gasteiger partial charge < -0.3 is 10.4 Å². The Bertz CT molecular complexity index is 334. The number of hydrogen-bond donors (Lipinski definition) is 2. The summed E-state index contributed by atoms with van der Waals surface area (Å²) in [6.07, 6.45) is 2.27. The molecule has 1 saturated heterocycles. The van der Waals surface area contributed by atoms with Gasteiger partial charge in [-0.25, -0.2) is 0 Å². The summed E-state index contributed by atoms with van der Waals surface area (Å²) < 4.78 is 0. The van der Waals surface area contributed by atoms with E-state index in [0.717, 1.165) is 5.56 Å². The van der Waals surface area contributed by atoms with Gasteiger partial charge in [-0.15, -0.1) is 0 Å². The smallest absolute Gasteiger partial charge is 0.220 e. The highest BCUT2D eigenvalue weighted by Crippen LogP contribution is 2.21. The van der Waals surface area contributed by atoms with E-state index in [4.69, 9.17) is 5.11 Å². The largest absolute Gasteiger partial charge is 0.390 e. The molecule has 1 fully saturated rings. The number of carbonyl (C=O) groups excluding carboxylic acids is 1. The molecule has 1 amide bonds. The van der Waals surface area contributed by atoms with E-state index in [-0.39, 0.29) is 18.4 Å². The SMILES string of the molecule is O=C1CC(c2ccc(CO)nc2)CN1. The molecule has 0 saturated carbocycles. The van der Waals surface area contributed by atoms with Gasteiger partial charge in [0.1, 0.15) is 0 Å². The van der Waals surface area contributed by atoms with Crippen molar-refractivity contribution in [2.24, 2.45) is 0 Å². The Morgan fingerprint density at radius 1 is 1.57 bits per heavy atom. The van der Waals surface area contributed by atoms with Crippen LogP contribution in [0.15, 0.2) is 18.3 Å². The lowest BCUT2D eigenvalue weighted by Gasteiger charge is -2.06. The van der Waals surface area contributed by atoms with Crippen molar-refractivity contribution in [3.8, 4) is 0 Å². The molecule has 74 valence electrons. The molecule has 0 aromatic carbocycles. The highest BCUT2D eigenvalue weighted by molar-refractivity contribution is 5.79. The molecule has 0 aliphatic carbocycles. The summed E-state index contributed by atoms with van der Waals surface area (Å²) in [4.78, 5) is 15.1. The van der Waals surface area contributed by atoms with Crippen molar-refractivity contribution in [3.05, 3.63) is 29.6 Å². The van der Waals surface area contributed by atoms with Gasteiger partial charge in [0.15, 0.2) is 0 Å². The molecule has 2 rings (SSSR count). The van der Waals surface area contributed by atoms with Crippen LogP contribution in [-0.2, 0) is 11.4 Å². The van der Waals surface area contributed by atoms with E-state index in [9.17, 15) is 4.79 Å². The van der Waals surface area contributed by atoms with E-state index < -0.39 is 0 Å². The van der Waals surface area contributed by atoms with Gasteiger partial charge in [-0.05, 0) is 11.6 Å². The average Bonchev–Trinajstić information content (AvgIpc) is 2.65. The maximum atomic E-state index is 11.0. The van der Waals surface area contributed by atoms with Crippen LogP contribution < -0.4 is 5.32 Å². The topological polar surface area (TPSA) is 62.2 Å². The van der Waals surface area contributed by atoms with Gasteiger partial charge in [0, 0.05) is 25.1 Å². The number of nitrogens with one attached hydrogen (secondary N) is 1. The zero-order valence-electron chi connectivity index (χ0n) is 7.73. The fourth-order valence-electron chi connectivity index (χ4n) is 1.61. The van der Waals surface area contributed by atoms with Crippen LogP contribution in [0.4, 0.5) is 0 Å². The summed E-state index contributed by atoms with van der Waals surface area (Å²) in [5.74, 6) is 0.337. The second kappa shape index (κ2) is 3.75. The third-order valence-corrected chi connectivity index (χ3v) is 2.46. The minimum atomic E-state index is -0.0396. The van der Waals surface area contributed by atoms with Gasteiger partial charge in [-0.1, -0.05) is 6.07 Å². The first-order chi connectivity index (χ1) is 6.79. The zero-order chi connectivity index (χ0) is 9.97. The number of pyridine rings is 1. The Hall–Kier alpha value is -1.42. The third kappa shape index (κ3) is 1.75. The van der Waals surface area contributed by atoms with Gasteiger partial charge in [0.05, 0.1) is 12.3 Å². The first-order valence-electron chi connectivity index (χ1n) is 4.62. The van der Waals surface area contributed by atoms with Crippen LogP contribution in [0.3, 0.4) is 0 Å². The summed E-state index contributed by atoms with van der Waals surface area (Å²) in [7, 11) is 0. The second-order valence-electron chi connectivity index (χ2n) is 3.45.